The smallest absolute Gasteiger partial charge is 0.305 e. The van der Waals surface area contributed by atoms with Crippen LogP contribution in [0, 0.1) is 10.1 Å². The standard InChI is InChI=1S/C15H12Cl2N2O6S/c16-10-4-5-13(17)14(8-10)18(7-6-15(20)21)26(24,25)12-3-1-2-11(9-12)19(22)23/h1-5,8-9H,6-7H2,(H,20,21). The monoisotopic (exact) mass is 418 g/mol. The van der Waals surface area contributed by atoms with E-state index in [9.17, 15) is 23.3 Å². The predicted molar refractivity (Wildman–Crippen MR) is 96.3 cm³/mol. The lowest BCUT2D eigenvalue weighted by Crippen LogP contribution is -2.33. The highest BCUT2D eigenvalue weighted by Crippen LogP contribution is 2.33. The molecule has 0 heterocycles. The van der Waals surface area contributed by atoms with Crippen LogP contribution in [0.25, 0.3) is 0 Å². The molecule has 2 aromatic carbocycles. The molecule has 0 saturated heterocycles. The van der Waals surface area contributed by atoms with Crippen LogP contribution < -0.4 is 4.31 Å². The van der Waals surface area contributed by atoms with E-state index in [1.165, 1.54) is 30.3 Å². The maximum Gasteiger partial charge on any atom is 0.305 e. The van der Waals surface area contributed by atoms with Gasteiger partial charge >= 0.3 is 5.97 Å². The second-order valence-corrected chi connectivity index (χ2v) is 7.78. The SMILES string of the molecule is O=C(O)CCN(c1cc(Cl)ccc1Cl)S(=O)(=O)c1cccc([N+](=O)[O-])c1. The van der Waals surface area contributed by atoms with Crippen LogP contribution in [0.15, 0.2) is 47.4 Å². The molecule has 0 aliphatic heterocycles. The van der Waals surface area contributed by atoms with E-state index in [1.54, 1.807) is 0 Å². The third-order valence-electron chi connectivity index (χ3n) is 3.32. The number of aliphatic carboxylic acids is 1. The Morgan fingerprint density at radius 1 is 1.19 bits per heavy atom. The summed E-state index contributed by atoms with van der Waals surface area (Å²) in [5.41, 5.74) is -0.437. The summed E-state index contributed by atoms with van der Waals surface area (Å²) in [6.45, 7) is -0.430. The van der Waals surface area contributed by atoms with Gasteiger partial charge in [-0.3, -0.25) is 19.2 Å². The molecular weight excluding hydrogens is 407 g/mol. The summed E-state index contributed by atoms with van der Waals surface area (Å²) in [5, 5.41) is 20.1. The molecule has 26 heavy (non-hydrogen) atoms. The molecule has 11 heteroatoms. The zero-order valence-electron chi connectivity index (χ0n) is 13.0. The Labute approximate surface area is 158 Å². The minimum Gasteiger partial charge on any atom is -0.481 e. The Kier molecular flexibility index (Phi) is 6.06. The number of carbonyl (C=O) groups is 1. The van der Waals surface area contributed by atoms with E-state index in [0.717, 1.165) is 16.4 Å². The molecule has 0 saturated carbocycles. The lowest BCUT2D eigenvalue weighted by atomic mass is 10.3. The minimum absolute atomic E-state index is 0.0214. The van der Waals surface area contributed by atoms with Gasteiger partial charge in [0.25, 0.3) is 15.7 Å². The maximum atomic E-state index is 13.0. The maximum absolute atomic E-state index is 13.0. The minimum atomic E-state index is -4.32. The largest absolute Gasteiger partial charge is 0.481 e. The van der Waals surface area contributed by atoms with Gasteiger partial charge in [-0.2, -0.15) is 0 Å². The second kappa shape index (κ2) is 7.90. The number of rotatable bonds is 7. The Morgan fingerprint density at radius 2 is 1.88 bits per heavy atom. The fourth-order valence-electron chi connectivity index (χ4n) is 2.13. The lowest BCUT2D eigenvalue weighted by molar-refractivity contribution is -0.385. The highest BCUT2D eigenvalue weighted by molar-refractivity contribution is 7.92. The van der Waals surface area contributed by atoms with Gasteiger partial charge in [0.05, 0.1) is 26.9 Å². The Hall–Kier alpha value is -2.36. The molecule has 0 amide bonds. The highest BCUT2D eigenvalue weighted by Gasteiger charge is 2.28. The number of nitro groups is 1. The van der Waals surface area contributed by atoms with Gasteiger partial charge in [0.1, 0.15) is 0 Å². The van der Waals surface area contributed by atoms with Gasteiger partial charge in [0.2, 0.25) is 0 Å². The van der Waals surface area contributed by atoms with Crippen molar-refractivity contribution in [1.29, 1.82) is 0 Å². The third kappa shape index (κ3) is 4.43. The molecule has 2 aromatic rings. The number of anilines is 1. The molecule has 0 aromatic heterocycles. The zero-order valence-corrected chi connectivity index (χ0v) is 15.3. The quantitative estimate of drug-likeness (QED) is 0.542. The first kappa shape index (κ1) is 20.0. The van der Waals surface area contributed by atoms with Crippen molar-refractivity contribution in [3.8, 4) is 0 Å². The van der Waals surface area contributed by atoms with E-state index in [2.05, 4.69) is 0 Å². The molecule has 0 spiro atoms. The van der Waals surface area contributed by atoms with Crippen LogP contribution >= 0.6 is 23.2 Å². The van der Waals surface area contributed by atoms with Crippen LogP contribution in [-0.4, -0.2) is 31.0 Å². The van der Waals surface area contributed by atoms with Gasteiger partial charge in [-0.15, -0.1) is 0 Å². The molecule has 8 nitrogen and oxygen atoms in total. The number of non-ortho nitro benzene ring substituents is 1. The second-order valence-electron chi connectivity index (χ2n) is 5.07. The van der Waals surface area contributed by atoms with Crippen molar-refractivity contribution >= 4 is 50.6 Å². The number of halogens is 2. The van der Waals surface area contributed by atoms with Crippen LogP contribution in [0.2, 0.25) is 10.0 Å². The first-order valence-electron chi connectivity index (χ1n) is 7.07. The van der Waals surface area contributed by atoms with Crippen molar-refractivity contribution in [2.75, 3.05) is 10.8 Å². The molecule has 0 unspecified atom stereocenters. The first-order valence-corrected chi connectivity index (χ1v) is 9.26. The van der Waals surface area contributed by atoms with E-state index in [-0.39, 0.29) is 20.6 Å². The summed E-state index contributed by atoms with van der Waals surface area (Å²) in [7, 11) is -4.32. The average Bonchev–Trinajstić information content (AvgIpc) is 2.57. The van der Waals surface area contributed by atoms with Crippen LogP contribution in [0.1, 0.15) is 6.42 Å². The summed E-state index contributed by atoms with van der Waals surface area (Å²) in [4.78, 5) is 20.7. The molecule has 0 fully saturated rings. The van der Waals surface area contributed by atoms with E-state index in [4.69, 9.17) is 28.3 Å². The summed E-state index contributed by atoms with van der Waals surface area (Å²) in [5.74, 6) is -1.22. The van der Waals surface area contributed by atoms with Gasteiger partial charge < -0.3 is 5.11 Å². The molecule has 0 aliphatic rings. The van der Waals surface area contributed by atoms with Crippen LogP contribution in [0.5, 0.6) is 0 Å². The van der Waals surface area contributed by atoms with Gasteiger partial charge in [-0.05, 0) is 24.3 Å². The predicted octanol–water partition coefficient (Wildman–Crippen LogP) is 3.57. The normalized spacial score (nSPS) is 11.2. The van der Waals surface area contributed by atoms with Crippen molar-refractivity contribution < 1.29 is 23.2 Å². The molecule has 0 radical (unpaired) electrons. The number of nitrogens with zero attached hydrogens (tertiary/aromatic N) is 2. The lowest BCUT2D eigenvalue weighted by Gasteiger charge is -2.25. The highest BCUT2D eigenvalue weighted by atomic mass is 35.5. The van der Waals surface area contributed by atoms with Gasteiger partial charge in [-0.1, -0.05) is 29.3 Å². The van der Waals surface area contributed by atoms with E-state index < -0.39 is 39.6 Å². The van der Waals surface area contributed by atoms with Crippen molar-refractivity contribution in [3.63, 3.8) is 0 Å². The van der Waals surface area contributed by atoms with Crippen molar-refractivity contribution in [1.82, 2.24) is 0 Å². The third-order valence-corrected chi connectivity index (χ3v) is 5.69. The van der Waals surface area contributed by atoms with Crippen molar-refractivity contribution in [2.45, 2.75) is 11.3 Å². The van der Waals surface area contributed by atoms with E-state index >= 15 is 0 Å². The first-order chi connectivity index (χ1) is 12.1. The fraction of sp³-hybridized carbons (Fsp3) is 0.133. The van der Waals surface area contributed by atoms with Gasteiger partial charge in [0.15, 0.2) is 0 Å². The van der Waals surface area contributed by atoms with Crippen molar-refractivity contribution in [2.24, 2.45) is 0 Å². The summed E-state index contributed by atoms with van der Waals surface area (Å²) < 4.78 is 26.8. The number of carboxylic acid groups (broad SMARTS) is 1. The topological polar surface area (TPSA) is 118 Å². The number of nitro benzene ring substituents is 1. The Bertz CT molecular complexity index is 964. The molecule has 138 valence electrons. The Balaban J connectivity index is 2.59. The van der Waals surface area contributed by atoms with Crippen LogP contribution in [0.3, 0.4) is 0 Å². The summed E-state index contributed by atoms with van der Waals surface area (Å²) >= 11 is 12.0. The molecular formula is C15H12Cl2N2O6S. The molecule has 2 rings (SSSR count). The molecule has 0 atom stereocenters. The Morgan fingerprint density at radius 3 is 2.50 bits per heavy atom. The van der Waals surface area contributed by atoms with E-state index in [0.29, 0.717) is 0 Å². The fourth-order valence-corrected chi connectivity index (χ4v) is 4.08. The number of hydrogen-bond acceptors (Lipinski definition) is 5. The molecule has 1 N–H and O–H groups in total. The number of carboxylic acids is 1. The number of sulfonamides is 1. The van der Waals surface area contributed by atoms with Gasteiger partial charge in [-0.25, -0.2) is 8.42 Å². The molecule has 0 aliphatic carbocycles. The average molecular weight is 419 g/mol. The molecule has 0 bridgehead atoms. The van der Waals surface area contributed by atoms with Crippen molar-refractivity contribution in [3.05, 3.63) is 62.6 Å². The number of hydrogen-bond donors (Lipinski definition) is 1. The van der Waals surface area contributed by atoms with Crippen LogP contribution in [-0.2, 0) is 14.8 Å². The van der Waals surface area contributed by atoms with E-state index in [1.807, 2.05) is 0 Å². The summed E-state index contributed by atoms with van der Waals surface area (Å²) in [6.07, 6.45) is -0.503. The zero-order chi connectivity index (χ0) is 19.5. The van der Waals surface area contributed by atoms with Crippen LogP contribution in [0.4, 0.5) is 11.4 Å². The number of benzene rings is 2. The summed E-state index contributed by atoms with van der Waals surface area (Å²) in [6, 6.07) is 8.53. The van der Waals surface area contributed by atoms with Gasteiger partial charge in [0, 0.05) is 23.7 Å².